The number of nitrogens with one attached hydrogen (secondary N) is 1. The Hall–Kier alpha value is -3.02. The summed E-state index contributed by atoms with van der Waals surface area (Å²) in [4.78, 5) is 22.1. The number of benzene rings is 2. The quantitative estimate of drug-likeness (QED) is 0.534. The first-order valence-corrected chi connectivity index (χ1v) is 6.63. The minimum Gasteiger partial charge on any atom is -0.267 e. The highest BCUT2D eigenvalue weighted by Gasteiger charge is 2.11. The number of nitro groups is 1. The van der Waals surface area contributed by atoms with E-state index in [0.29, 0.717) is 5.71 Å². The van der Waals surface area contributed by atoms with Crippen LogP contribution < -0.4 is 5.43 Å². The maximum absolute atomic E-state index is 12.0. The minimum absolute atomic E-state index is 0.132. The fourth-order valence-corrected chi connectivity index (χ4v) is 1.89. The predicted octanol–water partition coefficient (Wildman–Crippen LogP) is 3.06. The van der Waals surface area contributed by atoms with E-state index in [1.807, 2.05) is 31.2 Å². The van der Waals surface area contributed by atoms with Crippen molar-refractivity contribution >= 4 is 17.3 Å². The molecule has 0 fully saturated rings. The van der Waals surface area contributed by atoms with Gasteiger partial charge >= 0.3 is 0 Å². The highest BCUT2D eigenvalue weighted by Crippen LogP contribution is 2.13. The number of hydrazone groups is 1. The number of carbonyl (C=O) groups is 1. The molecular formula is C16H15N3O3. The minimum atomic E-state index is -0.544. The van der Waals surface area contributed by atoms with Gasteiger partial charge in [-0.2, -0.15) is 5.10 Å². The number of rotatable bonds is 4. The molecule has 0 radical (unpaired) electrons. The molecule has 2 aromatic rings. The molecule has 0 atom stereocenters. The number of amides is 1. The lowest BCUT2D eigenvalue weighted by atomic mass is 10.1. The summed E-state index contributed by atoms with van der Waals surface area (Å²) in [5.41, 5.74) is 5.12. The van der Waals surface area contributed by atoms with E-state index >= 15 is 0 Å². The third kappa shape index (κ3) is 3.76. The first-order chi connectivity index (χ1) is 10.5. The molecule has 0 aliphatic carbocycles. The number of hydrogen-bond acceptors (Lipinski definition) is 4. The second-order valence-electron chi connectivity index (χ2n) is 4.82. The number of hydrogen-bond donors (Lipinski definition) is 1. The van der Waals surface area contributed by atoms with Crippen molar-refractivity contribution in [1.29, 1.82) is 0 Å². The van der Waals surface area contributed by atoms with Gasteiger partial charge in [-0.1, -0.05) is 35.9 Å². The zero-order chi connectivity index (χ0) is 16.1. The Morgan fingerprint density at radius 3 is 2.50 bits per heavy atom. The summed E-state index contributed by atoms with van der Waals surface area (Å²) < 4.78 is 0. The maximum atomic E-state index is 12.0. The number of non-ortho nitro benzene ring substituents is 1. The van der Waals surface area contributed by atoms with Crippen LogP contribution in [0.15, 0.2) is 53.6 Å². The summed E-state index contributed by atoms with van der Waals surface area (Å²) in [7, 11) is 0. The van der Waals surface area contributed by atoms with Gasteiger partial charge in [0.2, 0.25) is 0 Å². The molecule has 1 amide bonds. The van der Waals surface area contributed by atoms with Crippen LogP contribution in [0.4, 0.5) is 5.69 Å². The largest absolute Gasteiger partial charge is 0.271 e. The zero-order valence-electron chi connectivity index (χ0n) is 12.2. The molecule has 0 bridgehead atoms. The van der Waals surface area contributed by atoms with Crippen LogP contribution in [-0.4, -0.2) is 16.5 Å². The summed E-state index contributed by atoms with van der Waals surface area (Å²) in [5.74, 6) is -0.490. The van der Waals surface area contributed by atoms with Crippen LogP contribution in [0.5, 0.6) is 0 Å². The molecule has 2 aromatic carbocycles. The second-order valence-corrected chi connectivity index (χ2v) is 4.82. The fourth-order valence-electron chi connectivity index (χ4n) is 1.89. The van der Waals surface area contributed by atoms with Crippen LogP contribution in [0.25, 0.3) is 0 Å². The van der Waals surface area contributed by atoms with E-state index in [0.717, 1.165) is 11.1 Å². The van der Waals surface area contributed by atoms with Crippen molar-refractivity contribution in [3.8, 4) is 0 Å². The number of nitro benzene ring substituents is 1. The Morgan fingerprint density at radius 2 is 1.82 bits per heavy atom. The summed E-state index contributed by atoms with van der Waals surface area (Å²) in [6.45, 7) is 3.75. The standard InChI is InChI=1S/C16H15N3O3/c1-11-5-3-6-13(9-11)12(2)17-18-16(20)14-7-4-8-15(10-14)19(21)22/h3-10H,1-2H3,(H,18,20). The van der Waals surface area contributed by atoms with Crippen molar-refractivity contribution in [2.24, 2.45) is 5.10 Å². The van der Waals surface area contributed by atoms with E-state index in [1.165, 1.54) is 24.3 Å². The van der Waals surface area contributed by atoms with Crippen LogP contribution in [0.1, 0.15) is 28.4 Å². The van der Waals surface area contributed by atoms with Gasteiger partial charge < -0.3 is 0 Å². The molecule has 0 saturated carbocycles. The van der Waals surface area contributed by atoms with Gasteiger partial charge in [0.15, 0.2) is 0 Å². The average molecular weight is 297 g/mol. The molecule has 0 unspecified atom stereocenters. The lowest BCUT2D eigenvalue weighted by Crippen LogP contribution is -2.19. The van der Waals surface area contributed by atoms with Crippen LogP contribution >= 0.6 is 0 Å². The second kappa shape index (κ2) is 6.62. The molecule has 6 nitrogen and oxygen atoms in total. The monoisotopic (exact) mass is 297 g/mol. The van der Waals surface area contributed by atoms with Crippen molar-refractivity contribution in [2.45, 2.75) is 13.8 Å². The summed E-state index contributed by atoms with van der Waals surface area (Å²) in [5, 5.41) is 14.7. The van der Waals surface area contributed by atoms with Crippen molar-refractivity contribution < 1.29 is 9.72 Å². The Labute approximate surface area is 127 Å². The zero-order valence-corrected chi connectivity index (χ0v) is 12.2. The van der Waals surface area contributed by atoms with Gasteiger partial charge in [0.05, 0.1) is 10.6 Å². The SMILES string of the molecule is CC(=NNC(=O)c1cccc([N+](=O)[O-])c1)c1cccc(C)c1. The highest BCUT2D eigenvalue weighted by molar-refractivity contribution is 6.01. The van der Waals surface area contributed by atoms with E-state index in [-0.39, 0.29) is 11.3 Å². The first kappa shape index (κ1) is 15.4. The van der Waals surface area contributed by atoms with Crippen molar-refractivity contribution in [2.75, 3.05) is 0 Å². The maximum Gasteiger partial charge on any atom is 0.271 e. The molecule has 22 heavy (non-hydrogen) atoms. The smallest absolute Gasteiger partial charge is 0.267 e. The van der Waals surface area contributed by atoms with E-state index in [9.17, 15) is 14.9 Å². The molecule has 0 heterocycles. The Kier molecular flexibility index (Phi) is 4.63. The van der Waals surface area contributed by atoms with E-state index < -0.39 is 10.8 Å². The summed E-state index contributed by atoms with van der Waals surface area (Å²) in [6, 6.07) is 13.2. The lowest BCUT2D eigenvalue weighted by Gasteiger charge is -2.04. The van der Waals surface area contributed by atoms with Crippen LogP contribution in [0.3, 0.4) is 0 Å². The molecule has 6 heteroatoms. The van der Waals surface area contributed by atoms with Gasteiger partial charge in [0.25, 0.3) is 11.6 Å². The van der Waals surface area contributed by atoms with Gasteiger partial charge in [-0.05, 0) is 25.5 Å². The molecular weight excluding hydrogens is 282 g/mol. The van der Waals surface area contributed by atoms with E-state index in [1.54, 1.807) is 6.92 Å². The van der Waals surface area contributed by atoms with Gasteiger partial charge in [0.1, 0.15) is 0 Å². The number of carbonyl (C=O) groups excluding carboxylic acids is 1. The molecule has 0 aromatic heterocycles. The topological polar surface area (TPSA) is 84.6 Å². The molecule has 0 saturated heterocycles. The normalized spacial score (nSPS) is 11.1. The average Bonchev–Trinajstić information content (AvgIpc) is 2.52. The Balaban J connectivity index is 2.13. The van der Waals surface area contributed by atoms with E-state index in [2.05, 4.69) is 10.5 Å². The lowest BCUT2D eigenvalue weighted by molar-refractivity contribution is -0.384. The first-order valence-electron chi connectivity index (χ1n) is 6.63. The summed E-state index contributed by atoms with van der Waals surface area (Å²) in [6.07, 6.45) is 0. The van der Waals surface area contributed by atoms with Crippen LogP contribution in [-0.2, 0) is 0 Å². The summed E-state index contributed by atoms with van der Waals surface area (Å²) >= 11 is 0. The molecule has 1 N–H and O–H groups in total. The molecule has 2 rings (SSSR count). The van der Waals surface area contributed by atoms with Gasteiger partial charge in [-0.3, -0.25) is 14.9 Å². The van der Waals surface area contributed by atoms with Gasteiger partial charge in [-0.15, -0.1) is 0 Å². The fraction of sp³-hybridized carbons (Fsp3) is 0.125. The third-order valence-corrected chi connectivity index (χ3v) is 3.08. The highest BCUT2D eigenvalue weighted by atomic mass is 16.6. The number of nitrogens with zero attached hydrogens (tertiary/aromatic N) is 2. The Bertz CT molecular complexity index is 754. The van der Waals surface area contributed by atoms with Gasteiger partial charge in [-0.25, -0.2) is 5.43 Å². The van der Waals surface area contributed by atoms with Crippen molar-refractivity contribution in [3.63, 3.8) is 0 Å². The van der Waals surface area contributed by atoms with Crippen LogP contribution in [0, 0.1) is 17.0 Å². The molecule has 0 aliphatic heterocycles. The third-order valence-electron chi connectivity index (χ3n) is 3.08. The van der Waals surface area contributed by atoms with Gasteiger partial charge in [0, 0.05) is 17.7 Å². The predicted molar refractivity (Wildman–Crippen MR) is 84.0 cm³/mol. The van der Waals surface area contributed by atoms with E-state index in [4.69, 9.17) is 0 Å². The molecule has 112 valence electrons. The molecule has 0 aliphatic rings. The van der Waals surface area contributed by atoms with Crippen LogP contribution in [0.2, 0.25) is 0 Å². The Morgan fingerprint density at radius 1 is 1.14 bits per heavy atom. The van der Waals surface area contributed by atoms with Crippen molar-refractivity contribution in [1.82, 2.24) is 5.43 Å². The molecule has 0 spiro atoms. The number of aryl methyl sites for hydroxylation is 1. The van der Waals surface area contributed by atoms with Crippen molar-refractivity contribution in [3.05, 3.63) is 75.3 Å².